The van der Waals surface area contributed by atoms with Crippen molar-refractivity contribution in [3.63, 3.8) is 0 Å². The van der Waals surface area contributed by atoms with Crippen LogP contribution in [0.15, 0.2) is 41.5 Å². The lowest BCUT2D eigenvalue weighted by atomic mass is 9.89. The van der Waals surface area contributed by atoms with Crippen LogP contribution < -0.4 is 10.5 Å². The molecule has 0 aliphatic carbocycles. The van der Waals surface area contributed by atoms with Gasteiger partial charge in [-0.2, -0.15) is 0 Å². The molecule has 1 aromatic carbocycles. The summed E-state index contributed by atoms with van der Waals surface area (Å²) in [6.45, 7) is 1.72. The van der Waals surface area contributed by atoms with Crippen molar-refractivity contribution in [2.45, 2.75) is 18.8 Å². The molecule has 0 saturated carbocycles. The number of rotatable bonds is 2. The average molecular weight is 304 g/mol. The minimum absolute atomic E-state index is 0.0255. The van der Waals surface area contributed by atoms with E-state index in [1.54, 1.807) is 24.0 Å². The Morgan fingerprint density at radius 3 is 2.52 bits per heavy atom. The van der Waals surface area contributed by atoms with Gasteiger partial charge in [-0.25, -0.2) is 4.98 Å². The van der Waals surface area contributed by atoms with Crippen molar-refractivity contribution in [2.75, 3.05) is 18.0 Å². The lowest BCUT2D eigenvalue weighted by Gasteiger charge is -2.32. The lowest BCUT2D eigenvalue weighted by Crippen LogP contribution is -2.38. The van der Waals surface area contributed by atoms with E-state index in [-0.39, 0.29) is 5.56 Å². The first-order chi connectivity index (χ1) is 10.1. The molecular weight excluding hydrogens is 286 g/mol. The summed E-state index contributed by atoms with van der Waals surface area (Å²) in [5, 5.41) is 0.771. The van der Waals surface area contributed by atoms with Gasteiger partial charge in [-0.15, -0.1) is 0 Å². The fourth-order valence-electron chi connectivity index (χ4n) is 2.86. The summed E-state index contributed by atoms with van der Waals surface area (Å²) in [6, 6.07) is 8.08. The molecule has 1 aromatic heterocycles. The summed E-state index contributed by atoms with van der Waals surface area (Å²) in [4.78, 5) is 18.4. The molecule has 0 bridgehead atoms. The third kappa shape index (κ3) is 2.95. The molecule has 4 nitrogen and oxygen atoms in total. The fourth-order valence-corrected chi connectivity index (χ4v) is 2.99. The van der Waals surface area contributed by atoms with Crippen LogP contribution in [0.5, 0.6) is 0 Å². The molecule has 0 N–H and O–H groups in total. The van der Waals surface area contributed by atoms with Crippen LogP contribution in [-0.2, 0) is 7.05 Å². The number of anilines is 1. The molecule has 0 spiro atoms. The van der Waals surface area contributed by atoms with E-state index in [1.807, 2.05) is 12.1 Å². The van der Waals surface area contributed by atoms with Crippen molar-refractivity contribution in [1.29, 1.82) is 0 Å². The number of hydrogen-bond donors (Lipinski definition) is 0. The van der Waals surface area contributed by atoms with Crippen LogP contribution in [0, 0.1) is 0 Å². The van der Waals surface area contributed by atoms with Gasteiger partial charge in [0, 0.05) is 37.6 Å². The Balaban J connectivity index is 1.72. The summed E-state index contributed by atoms with van der Waals surface area (Å²) in [5.74, 6) is 1.10. The number of benzene rings is 1. The summed E-state index contributed by atoms with van der Waals surface area (Å²) in [5.41, 5.74) is 1.30. The number of aryl methyl sites for hydroxylation is 1. The molecule has 3 rings (SSSR count). The first-order valence-corrected chi connectivity index (χ1v) is 7.55. The Bertz CT molecular complexity index is 673. The Kier molecular flexibility index (Phi) is 3.97. The molecule has 110 valence electrons. The second-order valence-corrected chi connectivity index (χ2v) is 5.92. The van der Waals surface area contributed by atoms with Gasteiger partial charge in [0.25, 0.3) is 5.56 Å². The Morgan fingerprint density at radius 2 is 1.86 bits per heavy atom. The third-order valence-corrected chi connectivity index (χ3v) is 4.39. The summed E-state index contributed by atoms with van der Waals surface area (Å²) in [7, 11) is 1.76. The van der Waals surface area contributed by atoms with Gasteiger partial charge in [-0.3, -0.25) is 4.79 Å². The van der Waals surface area contributed by atoms with Crippen LogP contribution in [0.2, 0.25) is 5.02 Å². The maximum atomic E-state index is 12.1. The largest absolute Gasteiger partial charge is 0.352 e. The molecule has 2 heterocycles. The summed E-state index contributed by atoms with van der Waals surface area (Å²) in [6.07, 6.45) is 5.43. The van der Waals surface area contributed by atoms with Gasteiger partial charge < -0.3 is 9.47 Å². The molecule has 5 heteroatoms. The molecule has 0 amide bonds. The molecule has 2 aromatic rings. The predicted octanol–water partition coefficient (Wildman–Crippen LogP) is 2.82. The molecule has 1 aliphatic rings. The Morgan fingerprint density at radius 1 is 1.19 bits per heavy atom. The second-order valence-electron chi connectivity index (χ2n) is 5.48. The monoisotopic (exact) mass is 303 g/mol. The molecule has 0 radical (unpaired) electrons. The average Bonchev–Trinajstić information content (AvgIpc) is 2.51. The van der Waals surface area contributed by atoms with Crippen molar-refractivity contribution in [3.05, 3.63) is 57.6 Å². The van der Waals surface area contributed by atoms with Crippen LogP contribution in [-0.4, -0.2) is 22.6 Å². The van der Waals surface area contributed by atoms with Gasteiger partial charge in [0.15, 0.2) is 5.82 Å². The molecule has 1 fully saturated rings. The lowest BCUT2D eigenvalue weighted by molar-refractivity contribution is 0.500. The maximum absolute atomic E-state index is 12.1. The number of aromatic nitrogens is 2. The maximum Gasteiger partial charge on any atom is 0.293 e. The van der Waals surface area contributed by atoms with E-state index in [9.17, 15) is 4.79 Å². The predicted molar refractivity (Wildman–Crippen MR) is 85.1 cm³/mol. The molecule has 1 saturated heterocycles. The molecule has 21 heavy (non-hydrogen) atoms. The topological polar surface area (TPSA) is 38.1 Å². The highest BCUT2D eigenvalue weighted by Gasteiger charge is 2.23. The van der Waals surface area contributed by atoms with Crippen LogP contribution in [0.25, 0.3) is 0 Å². The van der Waals surface area contributed by atoms with Crippen LogP contribution >= 0.6 is 11.6 Å². The zero-order valence-corrected chi connectivity index (χ0v) is 12.8. The van der Waals surface area contributed by atoms with Crippen LogP contribution in [0.4, 0.5) is 5.82 Å². The fraction of sp³-hybridized carbons (Fsp3) is 0.375. The first kappa shape index (κ1) is 14.1. The van der Waals surface area contributed by atoms with Crippen molar-refractivity contribution in [1.82, 2.24) is 9.55 Å². The van der Waals surface area contributed by atoms with Gasteiger partial charge in [0.2, 0.25) is 0 Å². The van der Waals surface area contributed by atoms with E-state index in [0.717, 1.165) is 31.0 Å². The van der Waals surface area contributed by atoms with Gasteiger partial charge in [-0.1, -0.05) is 23.7 Å². The second kappa shape index (κ2) is 5.90. The number of nitrogens with zero attached hydrogens (tertiary/aromatic N) is 3. The van der Waals surface area contributed by atoms with Gasteiger partial charge in [0.1, 0.15) is 0 Å². The van der Waals surface area contributed by atoms with E-state index in [1.165, 1.54) is 5.56 Å². The van der Waals surface area contributed by atoms with E-state index in [0.29, 0.717) is 11.7 Å². The van der Waals surface area contributed by atoms with Crippen molar-refractivity contribution in [2.24, 2.45) is 7.05 Å². The third-order valence-electron chi connectivity index (χ3n) is 4.13. The highest BCUT2D eigenvalue weighted by molar-refractivity contribution is 6.30. The number of hydrogen-bond acceptors (Lipinski definition) is 3. The Hall–Kier alpha value is -1.81. The van der Waals surface area contributed by atoms with Crippen molar-refractivity contribution < 1.29 is 0 Å². The molecule has 1 aliphatic heterocycles. The van der Waals surface area contributed by atoms with Gasteiger partial charge in [0.05, 0.1) is 0 Å². The molecule has 0 atom stereocenters. The minimum Gasteiger partial charge on any atom is -0.352 e. The summed E-state index contributed by atoms with van der Waals surface area (Å²) >= 11 is 5.93. The highest BCUT2D eigenvalue weighted by Crippen LogP contribution is 2.29. The SMILES string of the molecule is Cn1ccnc(N2CCC(c3ccc(Cl)cc3)CC2)c1=O. The standard InChI is InChI=1S/C16H18ClN3O/c1-19-11-8-18-15(16(19)21)20-9-6-13(7-10-20)12-2-4-14(17)5-3-12/h2-5,8,11,13H,6-7,9-10H2,1H3. The minimum atomic E-state index is -0.0255. The number of piperidine rings is 1. The number of halogens is 1. The van der Waals surface area contributed by atoms with Crippen molar-refractivity contribution in [3.8, 4) is 0 Å². The van der Waals surface area contributed by atoms with Crippen LogP contribution in [0.1, 0.15) is 24.3 Å². The van der Waals surface area contributed by atoms with Gasteiger partial charge in [-0.05, 0) is 36.5 Å². The normalized spacial score (nSPS) is 16.2. The van der Waals surface area contributed by atoms with Crippen LogP contribution in [0.3, 0.4) is 0 Å². The first-order valence-electron chi connectivity index (χ1n) is 7.17. The quantitative estimate of drug-likeness (QED) is 0.856. The van der Waals surface area contributed by atoms with E-state index in [4.69, 9.17) is 11.6 Å². The Labute approximate surface area is 129 Å². The smallest absolute Gasteiger partial charge is 0.293 e. The van der Waals surface area contributed by atoms with E-state index in [2.05, 4.69) is 22.0 Å². The molecular formula is C16H18ClN3O. The highest BCUT2D eigenvalue weighted by atomic mass is 35.5. The van der Waals surface area contributed by atoms with E-state index >= 15 is 0 Å². The summed E-state index contributed by atoms with van der Waals surface area (Å²) < 4.78 is 1.58. The zero-order valence-electron chi connectivity index (χ0n) is 12.0. The zero-order chi connectivity index (χ0) is 14.8. The van der Waals surface area contributed by atoms with E-state index < -0.39 is 0 Å². The van der Waals surface area contributed by atoms with Crippen molar-refractivity contribution >= 4 is 17.4 Å². The van der Waals surface area contributed by atoms with Gasteiger partial charge >= 0.3 is 0 Å². The molecule has 0 unspecified atom stereocenters.